The largest absolute Gasteiger partial charge is 0.399 e. The second-order valence-corrected chi connectivity index (χ2v) is 7.11. The number of benzene rings is 2. The molecule has 0 amide bonds. The molecule has 0 aliphatic rings. The van der Waals surface area contributed by atoms with Gasteiger partial charge in [-0.05, 0) is 29.3 Å². The zero-order chi connectivity index (χ0) is 21.8. The van der Waals surface area contributed by atoms with E-state index in [1.165, 1.54) is 48.5 Å². The summed E-state index contributed by atoms with van der Waals surface area (Å²) in [5.74, 6) is -2.66. The van der Waals surface area contributed by atoms with Crippen LogP contribution in [-0.2, 0) is 0 Å². The molecule has 29 heavy (non-hydrogen) atoms. The third-order valence-electron chi connectivity index (χ3n) is 3.95. The minimum atomic E-state index is -4.60. The van der Waals surface area contributed by atoms with Gasteiger partial charge in [-0.25, -0.2) is 0 Å². The molecule has 0 aromatic heterocycles. The van der Waals surface area contributed by atoms with Crippen molar-refractivity contribution in [2.24, 2.45) is 0 Å². The van der Waals surface area contributed by atoms with Gasteiger partial charge in [-0.2, -0.15) is 26.3 Å². The number of carbonyl (C=O) groups is 1. The Labute approximate surface area is 172 Å². The highest BCUT2D eigenvalue weighted by molar-refractivity contribution is 6.34. The molecular weight excluding hydrogens is 441 g/mol. The standard InChI is InChI=1S/C20H14Cl2F6O/c21-15-9-14(10-16(22)11-15)17(20(26,27)28)6-3-12-1-4-13(5-2-12)18(29)7-8-19(23,24)25/h1-6,9-11,17H,7-8H2/b6-3+. The van der Waals surface area contributed by atoms with Crippen LogP contribution in [0.15, 0.2) is 48.5 Å². The van der Waals surface area contributed by atoms with Crippen LogP contribution < -0.4 is 0 Å². The summed E-state index contributed by atoms with van der Waals surface area (Å²) in [6, 6.07) is 8.91. The highest BCUT2D eigenvalue weighted by Crippen LogP contribution is 2.38. The monoisotopic (exact) mass is 454 g/mol. The first-order chi connectivity index (χ1) is 13.3. The topological polar surface area (TPSA) is 17.1 Å². The van der Waals surface area contributed by atoms with Crippen LogP contribution in [-0.4, -0.2) is 18.1 Å². The van der Waals surface area contributed by atoms with Gasteiger partial charge in [0.05, 0.1) is 12.3 Å². The van der Waals surface area contributed by atoms with E-state index >= 15 is 0 Å². The Kier molecular flexibility index (Phi) is 7.40. The van der Waals surface area contributed by atoms with Gasteiger partial charge in [0.2, 0.25) is 0 Å². The predicted molar refractivity (Wildman–Crippen MR) is 100 cm³/mol. The van der Waals surface area contributed by atoms with Gasteiger partial charge in [0.25, 0.3) is 0 Å². The third kappa shape index (κ3) is 7.40. The molecule has 0 aliphatic carbocycles. The normalized spacial score (nSPS) is 13.7. The Balaban J connectivity index is 2.18. The molecule has 0 N–H and O–H groups in total. The Morgan fingerprint density at radius 2 is 1.48 bits per heavy atom. The van der Waals surface area contributed by atoms with Gasteiger partial charge in [-0.15, -0.1) is 0 Å². The average molecular weight is 455 g/mol. The fraction of sp³-hybridized carbons (Fsp3) is 0.250. The molecule has 0 radical (unpaired) electrons. The van der Waals surface area contributed by atoms with Crippen molar-refractivity contribution < 1.29 is 31.1 Å². The molecular formula is C20H14Cl2F6O. The van der Waals surface area contributed by atoms with E-state index in [1.54, 1.807) is 0 Å². The Hall–Kier alpha value is -1.99. The molecule has 9 heteroatoms. The average Bonchev–Trinajstić information content (AvgIpc) is 2.58. The highest BCUT2D eigenvalue weighted by atomic mass is 35.5. The summed E-state index contributed by atoms with van der Waals surface area (Å²) in [7, 11) is 0. The second kappa shape index (κ2) is 9.22. The van der Waals surface area contributed by atoms with Gasteiger partial charge >= 0.3 is 12.4 Å². The quantitative estimate of drug-likeness (QED) is 0.320. The van der Waals surface area contributed by atoms with E-state index in [1.807, 2.05) is 0 Å². The maximum atomic E-state index is 13.4. The number of hydrogen-bond donors (Lipinski definition) is 0. The summed E-state index contributed by atoms with van der Waals surface area (Å²) in [5, 5.41) is 0.133. The van der Waals surface area contributed by atoms with Gasteiger partial charge in [0.15, 0.2) is 5.78 Å². The Morgan fingerprint density at radius 1 is 0.931 bits per heavy atom. The Morgan fingerprint density at radius 3 is 1.97 bits per heavy atom. The van der Waals surface area contributed by atoms with E-state index in [0.29, 0.717) is 5.56 Å². The number of ketones is 1. The molecule has 1 atom stereocenters. The summed E-state index contributed by atoms with van der Waals surface area (Å²) in [6.07, 6.45) is -8.83. The number of Topliss-reactive ketones (excluding diaryl/α,β-unsaturated/α-hetero) is 1. The van der Waals surface area contributed by atoms with E-state index in [4.69, 9.17) is 23.2 Å². The molecule has 0 heterocycles. The van der Waals surface area contributed by atoms with Crippen LogP contribution in [0.25, 0.3) is 6.08 Å². The molecule has 1 unspecified atom stereocenters. The number of hydrogen-bond acceptors (Lipinski definition) is 1. The first kappa shape index (κ1) is 23.3. The molecule has 2 rings (SSSR count). The maximum Gasteiger partial charge on any atom is 0.399 e. The van der Waals surface area contributed by atoms with Crippen molar-refractivity contribution in [2.75, 3.05) is 0 Å². The minimum Gasteiger partial charge on any atom is -0.294 e. The number of alkyl halides is 6. The molecule has 0 bridgehead atoms. The SMILES string of the molecule is O=C(CCC(F)(F)F)c1ccc(/C=C/C(c2cc(Cl)cc(Cl)c2)C(F)(F)F)cc1. The second-order valence-electron chi connectivity index (χ2n) is 6.24. The third-order valence-corrected chi connectivity index (χ3v) is 4.38. The molecule has 2 aromatic carbocycles. The van der Waals surface area contributed by atoms with E-state index in [9.17, 15) is 31.1 Å². The molecule has 0 saturated carbocycles. The van der Waals surface area contributed by atoms with Gasteiger partial charge in [-0.1, -0.05) is 59.6 Å². The van der Waals surface area contributed by atoms with Gasteiger partial charge in [0.1, 0.15) is 0 Å². The molecule has 2 aromatic rings. The number of allylic oxidation sites excluding steroid dienone is 1. The fourth-order valence-electron chi connectivity index (χ4n) is 2.55. The molecule has 0 saturated heterocycles. The fourth-order valence-corrected chi connectivity index (χ4v) is 3.09. The van der Waals surface area contributed by atoms with Gasteiger partial charge in [-0.3, -0.25) is 4.79 Å². The molecule has 0 fully saturated rings. The summed E-state index contributed by atoms with van der Waals surface area (Å²) in [5.41, 5.74) is 0.269. The van der Waals surface area contributed by atoms with Crippen molar-refractivity contribution in [3.05, 3.63) is 75.3 Å². The van der Waals surface area contributed by atoms with Crippen molar-refractivity contribution in [3.63, 3.8) is 0 Å². The van der Waals surface area contributed by atoms with Crippen LogP contribution >= 0.6 is 23.2 Å². The number of halogens is 8. The Bertz CT molecular complexity index is 865. The first-order valence-electron chi connectivity index (χ1n) is 8.26. The van der Waals surface area contributed by atoms with Crippen molar-refractivity contribution in [2.45, 2.75) is 31.1 Å². The first-order valence-corrected chi connectivity index (χ1v) is 9.02. The zero-order valence-corrected chi connectivity index (χ0v) is 16.1. The van der Waals surface area contributed by atoms with Crippen molar-refractivity contribution >= 4 is 35.1 Å². The summed E-state index contributed by atoms with van der Waals surface area (Å²) >= 11 is 11.6. The van der Waals surface area contributed by atoms with E-state index in [0.717, 1.165) is 6.08 Å². The van der Waals surface area contributed by atoms with Gasteiger partial charge in [0, 0.05) is 22.0 Å². The van der Waals surface area contributed by atoms with Crippen molar-refractivity contribution in [1.29, 1.82) is 0 Å². The lowest BCUT2D eigenvalue weighted by Crippen LogP contribution is -2.18. The van der Waals surface area contributed by atoms with Crippen LogP contribution in [0.3, 0.4) is 0 Å². The molecule has 156 valence electrons. The number of carbonyl (C=O) groups excluding carboxylic acids is 1. The summed E-state index contributed by atoms with van der Waals surface area (Å²) < 4.78 is 76.9. The van der Waals surface area contributed by atoms with Crippen LogP contribution in [0.1, 0.15) is 40.2 Å². The molecule has 0 spiro atoms. The van der Waals surface area contributed by atoms with E-state index in [2.05, 4.69) is 0 Å². The highest BCUT2D eigenvalue weighted by Gasteiger charge is 2.39. The zero-order valence-electron chi connectivity index (χ0n) is 14.6. The number of rotatable bonds is 6. The van der Waals surface area contributed by atoms with Crippen LogP contribution in [0.5, 0.6) is 0 Å². The predicted octanol–water partition coefficient (Wildman–Crippen LogP) is 7.88. The maximum absolute atomic E-state index is 13.4. The van der Waals surface area contributed by atoms with E-state index in [-0.39, 0.29) is 21.2 Å². The lowest BCUT2D eigenvalue weighted by Gasteiger charge is -2.18. The minimum absolute atomic E-state index is 0.0559. The van der Waals surface area contributed by atoms with Crippen LogP contribution in [0.4, 0.5) is 26.3 Å². The lowest BCUT2D eigenvalue weighted by molar-refractivity contribution is -0.139. The van der Waals surface area contributed by atoms with Crippen molar-refractivity contribution in [1.82, 2.24) is 0 Å². The molecule has 1 nitrogen and oxygen atoms in total. The molecule has 0 aliphatic heterocycles. The van der Waals surface area contributed by atoms with Crippen LogP contribution in [0.2, 0.25) is 10.0 Å². The van der Waals surface area contributed by atoms with E-state index < -0.39 is 36.9 Å². The smallest absolute Gasteiger partial charge is 0.294 e. The lowest BCUT2D eigenvalue weighted by atomic mass is 9.96. The summed E-state index contributed by atoms with van der Waals surface area (Å²) in [6.45, 7) is 0. The summed E-state index contributed by atoms with van der Waals surface area (Å²) in [4.78, 5) is 11.8. The van der Waals surface area contributed by atoms with Gasteiger partial charge < -0.3 is 0 Å². The van der Waals surface area contributed by atoms with Crippen molar-refractivity contribution in [3.8, 4) is 0 Å². The van der Waals surface area contributed by atoms with Crippen LogP contribution in [0, 0.1) is 0 Å².